The number of hydrogen-bond donors (Lipinski definition) is 0. The Morgan fingerprint density at radius 1 is 1.04 bits per heavy atom. The average molecular weight is 378 g/mol. The number of ether oxygens (including phenoxy) is 3. The second kappa shape index (κ2) is 6.73. The third-order valence-corrected chi connectivity index (χ3v) is 4.87. The molecule has 0 aliphatic carbocycles. The molecule has 2 aromatic carbocycles. The lowest BCUT2D eigenvalue weighted by Crippen LogP contribution is -2.02. The van der Waals surface area contributed by atoms with Gasteiger partial charge in [-0.25, -0.2) is 0 Å². The fraction of sp³-hybridized carbons (Fsp3) is 0.105. The largest absolute Gasteiger partial charge is 0.485 e. The molecule has 1 aliphatic heterocycles. The van der Waals surface area contributed by atoms with Crippen LogP contribution in [0.2, 0.25) is 0 Å². The summed E-state index contributed by atoms with van der Waals surface area (Å²) in [6, 6.07) is 15.5. The van der Waals surface area contributed by atoms with E-state index in [-0.39, 0.29) is 13.4 Å². The summed E-state index contributed by atoms with van der Waals surface area (Å²) >= 11 is 1.47. The van der Waals surface area contributed by atoms with Gasteiger partial charge in [-0.1, -0.05) is 47.7 Å². The molecule has 0 fully saturated rings. The van der Waals surface area contributed by atoms with E-state index in [1.165, 1.54) is 11.3 Å². The van der Waals surface area contributed by atoms with Crippen molar-refractivity contribution in [3.05, 3.63) is 64.9 Å². The number of aromatic nitrogens is 4. The molecule has 0 spiro atoms. The number of rotatable bonds is 5. The number of hydrogen-bond acceptors (Lipinski definition) is 7. The summed E-state index contributed by atoms with van der Waals surface area (Å²) in [5, 5.41) is 13.7. The first-order chi connectivity index (χ1) is 13.3. The Labute approximate surface area is 158 Å². The molecule has 0 saturated carbocycles. The van der Waals surface area contributed by atoms with E-state index in [4.69, 9.17) is 14.2 Å². The molecule has 0 amide bonds. The first kappa shape index (κ1) is 15.8. The lowest BCUT2D eigenvalue weighted by Gasteiger charge is -2.04. The standard InChI is InChI=1S/C19H14N4O3S/c1-2-4-13(5-3-1)6-9-18-22-23-17(20-21-19(23)27-18)11-24-14-7-8-15-16(10-14)26-12-25-15/h1-10H,11-12H2. The summed E-state index contributed by atoms with van der Waals surface area (Å²) in [6.07, 6.45) is 3.99. The van der Waals surface area contributed by atoms with Crippen molar-refractivity contribution in [2.75, 3.05) is 6.79 Å². The van der Waals surface area contributed by atoms with Gasteiger partial charge in [0.25, 0.3) is 0 Å². The van der Waals surface area contributed by atoms with Crippen LogP contribution in [0.4, 0.5) is 0 Å². The Kier molecular flexibility index (Phi) is 3.95. The van der Waals surface area contributed by atoms with E-state index in [1.54, 1.807) is 10.6 Å². The minimum Gasteiger partial charge on any atom is -0.485 e. The molecule has 0 unspecified atom stereocenters. The Bertz CT molecular complexity index is 1120. The molecule has 134 valence electrons. The van der Waals surface area contributed by atoms with Crippen molar-refractivity contribution < 1.29 is 14.2 Å². The van der Waals surface area contributed by atoms with Gasteiger partial charge in [-0.3, -0.25) is 0 Å². The summed E-state index contributed by atoms with van der Waals surface area (Å²) < 4.78 is 18.2. The molecule has 4 aromatic rings. The van der Waals surface area contributed by atoms with Crippen LogP contribution in [0.5, 0.6) is 17.2 Å². The van der Waals surface area contributed by atoms with Gasteiger partial charge in [0.15, 0.2) is 17.3 Å². The van der Waals surface area contributed by atoms with E-state index < -0.39 is 0 Å². The number of benzene rings is 2. The highest BCUT2D eigenvalue weighted by Gasteiger charge is 2.15. The van der Waals surface area contributed by atoms with Crippen molar-refractivity contribution in [1.29, 1.82) is 0 Å². The molecule has 7 nitrogen and oxygen atoms in total. The zero-order valence-corrected chi connectivity index (χ0v) is 14.9. The summed E-state index contributed by atoms with van der Waals surface area (Å²) in [5.74, 6) is 2.72. The Morgan fingerprint density at radius 2 is 1.93 bits per heavy atom. The number of fused-ring (bicyclic) bond motifs is 2. The maximum Gasteiger partial charge on any atom is 0.235 e. The van der Waals surface area contributed by atoms with Crippen LogP contribution in [0.25, 0.3) is 17.1 Å². The average Bonchev–Trinajstić information content (AvgIpc) is 3.41. The van der Waals surface area contributed by atoms with Gasteiger partial charge in [-0.2, -0.15) is 9.61 Å². The fourth-order valence-electron chi connectivity index (χ4n) is 2.68. The van der Waals surface area contributed by atoms with Crippen LogP contribution < -0.4 is 14.2 Å². The van der Waals surface area contributed by atoms with Gasteiger partial charge >= 0.3 is 0 Å². The minimum absolute atomic E-state index is 0.238. The van der Waals surface area contributed by atoms with Crippen molar-refractivity contribution in [3.63, 3.8) is 0 Å². The summed E-state index contributed by atoms with van der Waals surface area (Å²) in [6.45, 7) is 0.494. The molecule has 0 saturated heterocycles. The van der Waals surface area contributed by atoms with Crippen LogP contribution in [0.3, 0.4) is 0 Å². The molecule has 0 radical (unpaired) electrons. The van der Waals surface area contributed by atoms with Crippen LogP contribution in [0, 0.1) is 0 Å². The lowest BCUT2D eigenvalue weighted by molar-refractivity contribution is 0.173. The number of nitrogens with zero attached hydrogens (tertiary/aromatic N) is 4. The van der Waals surface area contributed by atoms with Crippen LogP contribution in [-0.4, -0.2) is 26.6 Å². The normalized spacial score (nSPS) is 12.9. The van der Waals surface area contributed by atoms with Crippen molar-refractivity contribution in [2.24, 2.45) is 0 Å². The molecule has 5 rings (SSSR count). The van der Waals surface area contributed by atoms with Gasteiger partial charge in [0.2, 0.25) is 11.8 Å². The molecule has 27 heavy (non-hydrogen) atoms. The fourth-order valence-corrected chi connectivity index (χ4v) is 3.44. The first-order valence-electron chi connectivity index (χ1n) is 8.32. The summed E-state index contributed by atoms with van der Waals surface area (Å²) in [5.41, 5.74) is 1.12. The maximum atomic E-state index is 5.81. The highest BCUT2D eigenvalue weighted by Crippen LogP contribution is 2.35. The smallest absolute Gasteiger partial charge is 0.235 e. The monoisotopic (exact) mass is 378 g/mol. The SMILES string of the molecule is C(=Cc1nn2c(COc3ccc4c(c3)OCO4)nnc2s1)c1ccccc1. The Morgan fingerprint density at radius 3 is 2.85 bits per heavy atom. The predicted octanol–water partition coefficient (Wildman–Crippen LogP) is 3.66. The third kappa shape index (κ3) is 3.22. The predicted molar refractivity (Wildman–Crippen MR) is 101 cm³/mol. The molecular formula is C19H14N4O3S. The van der Waals surface area contributed by atoms with Crippen LogP contribution in [-0.2, 0) is 6.61 Å². The zero-order chi connectivity index (χ0) is 18.1. The quantitative estimate of drug-likeness (QED) is 0.528. The van der Waals surface area contributed by atoms with E-state index in [9.17, 15) is 0 Å². The lowest BCUT2D eigenvalue weighted by atomic mass is 10.2. The van der Waals surface area contributed by atoms with Gasteiger partial charge in [0.05, 0.1) is 0 Å². The molecule has 0 N–H and O–H groups in total. The van der Waals surface area contributed by atoms with Gasteiger partial charge in [-0.15, -0.1) is 10.2 Å². The maximum absolute atomic E-state index is 5.81. The molecule has 8 heteroatoms. The van der Waals surface area contributed by atoms with Crippen molar-refractivity contribution in [1.82, 2.24) is 19.8 Å². The van der Waals surface area contributed by atoms with Crippen LogP contribution in [0.1, 0.15) is 16.4 Å². The Balaban J connectivity index is 1.32. The second-order valence-electron chi connectivity index (χ2n) is 5.80. The van der Waals surface area contributed by atoms with E-state index in [2.05, 4.69) is 15.3 Å². The topological polar surface area (TPSA) is 70.8 Å². The molecule has 0 bridgehead atoms. The van der Waals surface area contributed by atoms with Gasteiger partial charge in [0.1, 0.15) is 17.4 Å². The van der Waals surface area contributed by atoms with E-state index >= 15 is 0 Å². The van der Waals surface area contributed by atoms with Crippen molar-refractivity contribution in [3.8, 4) is 17.2 Å². The molecular weight excluding hydrogens is 364 g/mol. The van der Waals surface area contributed by atoms with Crippen LogP contribution in [0.15, 0.2) is 48.5 Å². The summed E-state index contributed by atoms with van der Waals surface area (Å²) in [7, 11) is 0. The highest BCUT2D eigenvalue weighted by molar-refractivity contribution is 7.17. The second-order valence-corrected chi connectivity index (χ2v) is 6.79. The molecule has 1 aliphatic rings. The summed E-state index contributed by atoms with van der Waals surface area (Å²) in [4.78, 5) is 0.729. The van der Waals surface area contributed by atoms with E-state index in [1.807, 2.05) is 54.6 Å². The van der Waals surface area contributed by atoms with Crippen molar-refractivity contribution >= 4 is 28.4 Å². The van der Waals surface area contributed by atoms with Crippen LogP contribution >= 0.6 is 11.3 Å². The Hall–Kier alpha value is -3.39. The van der Waals surface area contributed by atoms with Gasteiger partial charge in [-0.05, 0) is 23.8 Å². The minimum atomic E-state index is 0.238. The zero-order valence-electron chi connectivity index (χ0n) is 14.1. The van der Waals surface area contributed by atoms with E-state index in [0.29, 0.717) is 17.3 Å². The van der Waals surface area contributed by atoms with E-state index in [0.717, 1.165) is 21.3 Å². The third-order valence-electron chi connectivity index (χ3n) is 4.00. The van der Waals surface area contributed by atoms with Gasteiger partial charge < -0.3 is 14.2 Å². The molecule has 2 aromatic heterocycles. The molecule has 3 heterocycles. The highest BCUT2D eigenvalue weighted by atomic mass is 32.1. The van der Waals surface area contributed by atoms with Gasteiger partial charge in [0, 0.05) is 6.07 Å². The molecule has 0 atom stereocenters. The van der Waals surface area contributed by atoms with Crippen molar-refractivity contribution in [2.45, 2.75) is 6.61 Å². The first-order valence-corrected chi connectivity index (χ1v) is 9.13.